The lowest BCUT2D eigenvalue weighted by atomic mass is 10.2. The summed E-state index contributed by atoms with van der Waals surface area (Å²) in [6.07, 6.45) is 5.71. The highest BCUT2D eigenvalue weighted by Gasteiger charge is 2.07. The second-order valence-electron chi connectivity index (χ2n) is 4.10. The Morgan fingerprint density at radius 3 is 2.86 bits per heavy atom. The SMILES string of the molecule is O=C(/C=C/c1ccccc1OC(F)F)NCc1ccoc1. The maximum Gasteiger partial charge on any atom is 0.387 e. The number of hydrogen-bond acceptors (Lipinski definition) is 3. The van der Waals surface area contributed by atoms with Gasteiger partial charge in [-0.25, -0.2) is 0 Å². The largest absolute Gasteiger partial charge is 0.472 e. The van der Waals surface area contributed by atoms with Gasteiger partial charge in [0.1, 0.15) is 5.75 Å². The fraction of sp³-hybridized carbons (Fsp3) is 0.133. The number of furan rings is 1. The van der Waals surface area contributed by atoms with Crippen molar-refractivity contribution < 1.29 is 22.7 Å². The Kier molecular flexibility index (Phi) is 5.09. The summed E-state index contributed by atoms with van der Waals surface area (Å²) in [6.45, 7) is -2.58. The summed E-state index contributed by atoms with van der Waals surface area (Å²) in [5.41, 5.74) is 1.23. The van der Waals surface area contributed by atoms with Crippen LogP contribution in [0.4, 0.5) is 8.78 Å². The molecule has 1 N–H and O–H groups in total. The molecule has 0 radical (unpaired) electrons. The zero-order valence-corrected chi connectivity index (χ0v) is 11.0. The number of benzene rings is 1. The number of carbonyl (C=O) groups excluding carboxylic acids is 1. The van der Waals surface area contributed by atoms with Gasteiger partial charge in [0, 0.05) is 23.7 Å². The monoisotopic (exact) mass is 293 g/mol. The van der Waals surface area contributed by atoms with E-state index in [1.54, 1.807) is 24.3 Å². The van der Waals surface area contributed by atoms with E-state index in [9.17, 15) is 13.6 Å². The standard InChI is InChI=1S/C15H13F2NO3/c16-15(17)21-13-4-2-1-3-12(13)5-6-14(19)18-9-11-7-8-20-10-11/h1-8,10,15H,9H2,(H,18,19)/b6-5+. The molecule has 0 saturated carbocycles. The third kappa shape index (κ3) is 4.76. The Balaban J connectivity index is 1.95. The Morgan fingerprint density at radius 2 is 2.14 bits per heavy atom. The molecular formula is C15H13F2NO3. The number of halogens is 2. The van der Waals surface area contributed by atoms with E-state index in [0.29, 0.717) is 12.1 Å². The van der Waals surface area contributed by atoms with Gasteiger partial charge >= 0.3 is 6.61 Å². The van der Waals surface area contributed by atoms with Gasteiger partial charge in [0.05, 0.1) is 12.5 Å². The van der Waals surface area contributed by atoms with Gasteiger partial charge in [-0.15, -0.1) is 0 Å². The molecule has 0 fully saturated rings. The molecule has 0 aliphatic rings. The molecule has 21 heavy (non-hydrogen) atoms. The molecule has 0 spiro atoms. The van der Waals surface area contributed by atoms with Crippen molar-refractivity contribution in [3.05, 3.63) is 60.1 Å². The van der Waals surface area contributed by atoms with Crippen molar-refractivity contribution in [1.29, 1.82) is 0 Å². The second-order valence-corrected chi connectivity index (χ2v) is 4.10. The summed E-state index contributed by atoms with van der Waals surface area (Å²) in [6, 6.07) is 7.97. The van der Waals surface area contributed by atoms with E-state index in [2.05, 4.69) is 10.1 Å². The van der Waals surface area contributed by atoms with Crippen LogP contribution in [0.25, 0.3) is 6.08 Å². The molecule has 6 heteroatoms. The Morgan fingerprint density at radius 1 is 1.33 bits per heavy atom. The van der Waals surface area contributed by atoms with Crippen molar-refractivity contribution in [2.75, 3.05) is 0 Å². The van der Waals surface area contributed by atoms with Crippen LogP contribution < -0.4 is 10.1 Å². The minimum atomic E-state index is -2.91. The van der Waals surface area contributed by atoms with Gasteiger partial charge in [-0.05, 0) is 18.2 Å². The highest BCUT2D eigenvalue weighted by molar-refractivity contribution is 5.92. The van der Waals surface area contributed by atoms with Crippen molar-refractivity contribution in [3.63, 3.8) is 0 Å². The molecule has 4 nitrogen and oxygen atoms in total. The first-order valence-electron chi connectivity index (χ1n) is 6.16. The van der Waals surface area contributed by atoms with E-state index in [4.69, 9.17) is 4.42 Å². The molecule has 0 atom stereocenters. The van der Waals surface area contributed by atoms with Crippen LogP contribution in [-0.4, -0.2) is 12.5 Å². The highest BCUT2D eigenvalue weighted by atomic mass is 19.3. The second kappa shape index (κ2) is 7.23. The Hall–Kier alpha value is -2.63. The van der Waals surface area contributed by atoms with Crippen LogP contribution in [0.5, 0.6) is 5.75 Å². The first kappa shape index (κ1) is 14.8. The number of amides is 1. The van der Waals surface area contributed by atoms with Gasteiger partial charge in [0.25, 0.3) is 0 Å². The molecule has 1 amide bonds. The lowest BCUT2D eigenvalue weighted by molar-refractivity contribution is -0.116. The fourth-order valence-corrected chi connectivity index (χ4v) is 1.63. The van der Waals surface area contributed by atoms with Gasteiger partial charge in [-0.2, -0.15) is 8.78 Å². The number of para-hydroxylation sites is 1. The van der Waals surface area contributed by atoms with Crippen LogP contribution in [0.3, 0.4) is 0 Å². The predicted molar refractivity (Wildman–Crippen MR) is 72.7 cm³/mol. The Labute approximate surface area is 120 Å². The number of rotatable bonds is 6. The van der Waals surface area contributed by atoms with E-state index >= 15 is 0 Å². The number of ether oxygens (including phenoxy) is 1. The molecule has 0 unspecified atom stereocenters. The molecule has 2 rings (SSSR count). The van der Waals surface area contributed by atoms with Crippen molar-refractivity contribution >= 4 is 12.0 Å². The van der Waals surface area contributed by atoms with Crippen LogP contribution >= 0.6 is 0 Å². The molecule has 1 aromatic carbocycles. The van der Waals surface area contributed by atoms with Crippen molar-refractivity contribution in [1.82, 2.24) is 5.32 Å². The third-order valence-corrected chi connectivity index (χ3v) is 2.60. The topological polar surface area (TPSA) is 51.5 Å². The van der Waals surface area contributed by atoms with E-state index in [0.717, 1.165) is 5.56 Å². The zero-order chi connectivity index (χ0) is 15.1. The van der Waals surface area contributed by atoms with Crippen molar-refractivity contribution in [2.24, 2.45) is 0 Å². The van der Waals surface area contributed by atoms with Crippen LogP contribution in [0.1, 0.15) is 11.1 Å². The highest BCUT2D eigenvalue weighted by Crippen LogP contribution is 2.21. The molecule has 110 valence electrons. The first-order valence-corrected chi connectivity index (χ1v) is 6.16. The average Bonchev–Trinajstić information content (AvgIpc) is 2.97. The first-order chi connectivity index (χ1) is 10.1. The maximum atomic E-state index is 12.2. The average molecular weight is 293 g/mol. The molecule has 1 heterocycles. The summed E-state index contributed by atoms with van der Waals surface area (Å²) < 4.78 is 33.7. The number of nitrogens with one attached hydrogen (secondary N) is 1. The zero-order valence-electron chi connectivity index (χ0n) is 11.0. The molecule has 0 aliphatic heterocycles. The summed E-state index contributed by atoms with van der Waals surface area (Å²) in [7, 11) is 0. The summed E-state index contributed by atoms with van der Waals surface area (Å²) in [5.74, 6) is -0.325. The maximum absolute atomic E-state index is 12.2. The number of hydrogen-bond donors (Lipinski definition) is 1. The van der Waals surface area contributed by atoms with Gasteiger partial charge in [-0.3, -0.25) is 4.79 Å². The third-order valence-electron chi connectivity index (χ3n) is 2.60. The van der Waals surface area contributed by atoms with E-state index in [1.165, 1.54) is 30.7 Å². The molecule has 0 bridgehead atoms. The van der Waals surface area contributed by atoms with Crippen LogP contribution in [-0.2, 0) is 11.3 Å². The number of alkyl halides is 2. The van der Waals surface area contributed by atoms with E-state index in [1.807, 2.05) is 0 Å². The van der Waals surface area contributed by atoms with Gasteiger partial charge in [-0.1, -0.05) is 18.2 Å². The van der Waals surface area contributed by atoms with E-state index in [-0.39, 0.29) is 11.7 Å². The number of carbonyl (C=O) groups is 1. The van der Waals surface area contributed by atoms with Gasteiger partial charge < -0.3 is 14.5 Å². The lowest BCUT2D eigenvalue weighted by Crippen LogP contribution is -2.19. The molecule has 0 saturated heterocycles. The Bertz CT molecular complexity index is 609. The van der Waals surface area contributed by atoms with Gasteiger partial charge in [0.2, 0.25) is 5.91 Å². The summed E-state index contributed by atoms with van der Waals surface area (Å²) in [5, 5.41) is 2.64. The van der Waals surface area contributed by atoms with E-state index < -0.39 is 6.61 Å². The molecule has 1 aromatic heterocycles. The van der Waals surface area contributed by atoms with Crippen molar-refractivity contribution in [2.45, 2.75) is 13.2 Å². The van der Waals surface area contributed by atoms with Gasteiger partial charge in [0.15, 0.2) is 0 Å². The van der Waals surface area contributed by atoms with Crippen LogP contribution in [0, 0.1) is 0 Å². The molecular weight excluding hydrogens is 280 g/mol. The quantitative estimate of drug-likeness (QED) is 0.832. The van der Waals surface area contributed by atoms with Crippen LogP contribution in [0.2, 0.25) is 0 Å². The van der Waals surface area contributed by atoms with Crippen molar-refractivity contribution in [3.8, 4) is 5.75 Å². The fourth-order valence-electron chi connectivity index (χ4n) is 1.63. The minimum absolute atomic E-state index is 0.0198. The lowest BCUT2D eigenvalue weighted by Gasteiger charge is -2.07. The normalized spacial score (nSPS) is 11.0. The minimum Gasteiger partial charge on any atom is -0.472 e. The summed E-state index contributed by atoms with van der Waals surface area (Å²) >= 11 is 0. The van der Waals surface area contributed by atoms with Crippen LogP contribution in [0.15, 0.2) is 53.4 Å². The smallest absolute Gasteiger partial charge is 0.387 e. The molecule has 0 aliphatic carbocycles. The molecule has 2 aromatic rings. The predicted octanol–water partition coefficient (Wildman–Crippen LogP) is 3.21. The summed E-state index contributed by atoms with van der Waals surface area (Å²) in [4.78, 5) is 11.6.